The molecule has 2 unspecified atom stereocenters. The number of aliphatic hydroxyl groups excluding tert-OH is 2. The molecular formula is C13H20N4O2. The van der Waals surface area contributed by atoms with E-state index in [4.69, 9.17) is 0 Å². The van der Waals surface area contributed by atoms with Gasteiger partial charge < -0.3 is 20.4 Å². The highest BCUT2D eigenvalue weighted by molar-refractivity contribution is 5.51. The normalized spacial score (nSPS) is 26.8. The summed E-state index contributed by atoms with van der Waals surface area (Å²) in [6, 6.07) is 1.89. The number of anilines is 2. The maximum atomic E-state index is 9.64. The topological polar surface area (TPSA) is 81.5 Å². The van der Waals surface area contributed by atoms with Crippen LogP contribution in [-0.4, -0.2) is 52.0 Å². The van der Waals surface area contributed by atoms with Crippen molar-refractivity contribution in [1.82, 2.24) is 9.97 Å². The summed E-state index contributed by atoms with van der Waals surface area (Å²) in [5.74, 6) is 2.98. The van der Waals surface area contributed by atoms with Crippen LogP contribution < -0.4 is 10.2 Å². The van der Waals surface area contributed by atoms with Crippen LogP contribution in [0.15, 0.2) is 6.07 Å². The van der Waals surface area contributed by atoms with Crippen molar-refractivity contribution in [3.8, 4) is 0 Å². The molecule has 2 aliphatic rings. The van der Waals surface area contributed by atoms with Crippen LogP contribution >= 0.6 is 0 Å². The highest BCUT2D eigenvalue weighted by Gasteiger charge is 2.32. The van der Waals surface area contributed by atoms with Crippen molar-refractivity contribution in [1.29, 1.82) is 0 Å². The molecule has 6 heteroatoms. The fourth-order valence-electron chi connectivity index (χ4n) is 2.37. The molecule has 1 saturated carbocycles. The van der Waals surface area contributed by atoms with Crippen LogP contribution in [0.4, 0.5) is 11.6 Å². The number of aliphatic hydroxyl groups is 2. The van der Waals surface area contributed by atoms with Gasteiger partial charge in [0.15, 0.2) is 0 Å². The van der Waals surface area contributed by atoms with Crippen LogP contribution in [0.25, 0.3) is 0 Å². The van der Waals surface area contributed by atoms with E-state index in [-0.39, 0.29) is 0 Å². The van der Waals surface area contributed by atoms with Gasteiger partial charge in [-0.3, -0.25) is 0 Å². The lowest BCUT2D eigenvalue weighted by Gasteiger charge is -2.18. The van der Waals surface area contributed by atoms with E-state index >= 15 is 0 Å². The van der Waals surface area contributed by atoms with E-state index in [2.05, 4.69) is 15.3 Å². The zero-order valence-electron chi connectivity index (χ0n) is 11.1. The summed E-state index contributed by atoms with van der Waals surface area (Å²) >= 11 is 0. The Labute approximate surface area is 112 Å². The van der Waals surface area contributed by atoms with Gasteiger partial charge >= 0.3 is 0 Å². The quantitative estimate of drug-likeness (QED) is 0.727. The zero-order chi connectivity index (χ0) is 13.4. The molecule has 3 N–H and O–H groups in total. The molecular weight excluding hydrogens is 244 g/mol. The summed E-state index contributed by atoms with van der Waals surface area (Å²) in [5, 5.41) is 22.5. The third-order valence-corrected chi connectivity index (χ3v) is 3.61. The van der Waals surface area contributed by atoms with Gasteiger partial charge in [-0.15, -0.1) is 0 Å². The zero-order valence-corrected chi connectivity index (χ0v) is 11.1. The lowest BCUT2D eigenvalue weighted by atomic mass is 10.3. The average molecular weight is 264 g/mol. The molecule has 1 aromatic heterocycles. The van der Waals surface area contributed by atoms with Gasteiger partial charge in [0, 0.05) is 31.6 Å². The third-order valence-electron chi connectivity index (χ3n) is 3.61. The van der Waals surface area contributed by atoms with E-state index in [1.165, 1.54) is 0 Å². The smallest absolute Gasteiger partial charge is 0.136 e. The number of β-amino-alcohol motifs (C(OH)–C–C–N with tert-alkyl or cyclic N) is 2. The summed E-state index contributed by atoms with van der Waals surface area (Å²) < 4.78 is 0. The van der Waals surface area contributed by atoms with Crippen molar-refractivity contribution >= 4 is 11.6 Å². The Morgan fingerprint density at radius 3 is 2.53 bits per heavy atom. The second kappa shape index (κ2) is 4.94. The Balaban J connectivity index is 1.87. The Morgan fingerprint density at radius 1 is 1.26 bits per heavy atom. The number of nitrogens with one attached hydrogen (secondary N) is 1. The minimum Gasteiger partial charge on any atom is -0.389 e. The largest absolute Gasteiger partial charge is 0.389 e. The van der Waals surface area contributed by atoms with Gasteiger partial charge in [-0.1, -0.05) is 0 Å². The molecule has 0 amide bonds. The third kappa shape index (κ3) is 2.64. The molecule has 104 valence electrons. The molecule has 6 nitrogen and oxygen atoms in total. The van der Waals surface area contributed by atoms with Crippen molar-refractivity contribution in [3.63, 3.8) is 0 Å². The molecule has 2 heterocycles. The molecule has 0 radical (unpaired) electrons. The average Bonchev–Trinajstić information content (AvgIpc) is 3.17. The summed E-state index contributed by atoms with van der Waals surface area (Å²) in [4.78, 5) is 11.0. The number of hydrogen-bond acceptors (Lipinski definition) is 6. The summed E-state index contributed by atoms with van der Waals surface area (Å²) in [6.07, 6.45) is 0.921. The van der Waals surface area contributed by atoms with Crippen LogP contribution in [0.3, 0.4) is 0 Å². The summed E-state index contributed by atoms with van der Waals surface area (Å²) in [6.45, 7) is 3.69. The molecule has 1 aromatic rings. The van der Waals surface area contributed by atoms with Crippen LogP contribution in [-0.2, 0) is 0 Å². The monoisotopic (exact) mass is 264 g/mol. The van der Waals surface area contributed by atoms with E-state index in [0.717, 1.165) is 36.8 Å². The number of hydrogen-bond donors (Lipinski definition) is 3. The maximum absolute atomic E-state index is 9.64. The molecule has 1 aliphatic heterocycles. The van der Waals surface area contributed by atoms with E-state index in [9.17, 15) is 10.2 Å². The molecule has 2 atom stereocenters. The first-order chi connectivity index (χ1) is 9.17. The van der Waals surface area contributed by atoms with E-state index in [1.54, 1.807) is 0 Å². The first kappa shape index (κ1) is 12.6. The van der Waals surface area contributed by atoms with E-state index in [0.29, 0.717) is 19.0 Å². The fourth-order valence-corrected chi connectivity index (χ4v) is 2.37. The second-order valence-corrected chi connectivity index (χ2v) is 5.31. The van der Waals surface area contributed by atoms with Crippen molar-refractivity contribution in [2.75, 3.05) is 29.9 Å². The predicted octanol–water partition coefficient (Wildman–Crippen LogP) is 0.328. The first-order valence-corrected chi connectivity index (χ1v) is 6.91. The first-order valence-electron chi connectivity index (χ1n) is 6.91. The molecule has 0 aromatic carbocycles. The molecule has 19 heavy (non-hydrogen) atoms. The fraction of sp³-hybridized carbons (Fsp3) is 0.692. The van der Waals surface area contributed by atoms with Crippen molar-refractivity contribution in [2.24, 2.45) is 0 Å². The van der Waals surface area contributed by atoms with Crippen LogP contribution in [0.1, 0.15) is 31.5 Å². The molecule has 1 saturated heterocycles. The number of aromatic nitrogens is 2. The van der Waals surface area contributed by atoms with Crippen molar-refractivity contribution in [3.05, 3.63) is 11.9 Å². The molecule has 0 bridgehead atoms. The van der Waals surface area contributed by atoms with Gasteiger partial charge in [0.1, 0.15) is 17.5 Å². The van der Waals surface area contributed by atoms with Crippen LogP contribution in [0.2, 0.25) is 0 Å². The lowest BCUT2D eigenvalue weighted by molar-refractivity contribution is 0.0572. The van der Waals surface area contributed by atoms with Gasteiger partial charge in [-0.05, 0) is 19.8 Å². The Hall–Kier alpha value is -1.40. The molecule has 0 spiro atoms. The highest BCUT2D eigenvalue weighted by Crippen LogP contribution is 2.39. The Morgan fingerprint density at radius 2 is 1.95 bits per heavy atom. The van der Waals surface area contributed by atoms with Gasteiger partial charge in [0.25, 0.3) is 0 Å². The van der Waals surface area contributed by atoms with E-state index in [1.807, 2.05) is 17.9 Å². The van der Waals surface area contributed by atoms with Gasteiger partial charge in [0.05, 0.1) is 12.2 Å². The van der Waals surface area contributed by atoms with Gasteiger partial charge in [0.2, 0.25) is 0 Å². The van der Waals surface area contributed by atoms with Crippen molar-refractivity contribution < 1.29 is 10.2 Å². The summed E-state index contributed by atoms with van der Waals surface area (Å²) in [5.41, 5.74) is 0. The Bertz CT molecular complexity index is 454. The minimum atomic E-state index is -0.693. The Kier molecular flexibility index (Phi) is 3.28. The molecule has 2 fully saturated rings. The number of rotatable bonds is 4. The minimum absolute atomic E-state index is 0.424. The second-order valence-electron chi connectivity index (χ2n) is 5.31. The summed E-state index contributed by atoms with van der Waals surface area (Å²) in [7, 11) is 0. The van der Waals surface area contributed by atoms with Crippen molar-refractivity contribution in [2.45, 2.75) is 37.9 Å². The van der Waals surface area contributed by atoms with E-state index < -0.39 is 12.2 Å². The maximum Gasteiger partial charge on any atom is 0.136 e. The predicted molar refractivity (Wildman–Crippen MR) is 72.4 cm³/mol. The van der Waals surface area contributed by atoms with Crippen LogP contribution in [0, 0.1) is 0 Å². The molecule has 1 aliphatic carbocycles. The van der Waals surface area contributed by atoms with Gasteiger partial charge in [-0.25, -0.2) is 9.97 Å². The highest BCUT2D eigenvalue weighted by atomic mass is 16.3. The lowest BCUT2D eigenvalue weighted by Crippen LogP contribution is -2.23. The van der Waals surface area contributed by atoms with Gasteiger partial charge in [-0.2, -0.15) is 0 Å². The molecule has 3 rings (SSSR count). The number of nitrogens with zero attached hydrogens (tertiary/aromatic N) is 3. The standard InChI is InChI=1S/C13H20N4O2/c1-2-14-11-5-12(16-13(15-11)8-3-4-8)17-6-9(18)10(19)7-17/h5,8-10,18-19H,2-4,6-7H2,1H3,(H,14,15,16). The van der Waals surface area contributed by atoms with Crippen LogP contribution in [0.5, 0.6) is 0 Å². The SMILES string of the molecule is CCNc1cc(N2CC(O)C(O)C2)nc(C2CC2)n1.